The van der Waals surface area contributed by atoms with Crippen molar-refractivity contribution < 1.29 is 0 Å². The van der Waals surface area contributed by atoms with Crippen LogP contribution in [-0.2, 0) is 13.0 Å². The molecule has 0 bridgehead atoms. The molecule has 1 atom stereocenters. The highest BCUT2D eigenvalue weighted by atomic mass is 15.0. The van der Waals surface area contributed by atoms with Crippen molar-refractivity contribution in [2.45, 2.75) is 38.8 Å². The van der Waals surface area contributed by atoms with Crippen LogP contribution in [0.1, 0.15) is 41.4 Å². The van der Waals surface area contributed by atoms with E-state index in [1.165, 1.54) is 28.9 Å². The number of fused-ring (bicyclic) bond motifs is 1. The minimum atomic E-state index is 0.225. The molecule has 2 aromatic rings. The van der Waals surface area contributed by atoms with Gasteiger partial charge >= 0.3 is 0 Å². The van der Waals surface area contributed by atoms with Crippen LogP contribution in [0.4, 0.5) is 0 Å². The van der Waals surface area contributed by atoms with Crippen molar-refractivity contribution in [3.63, 3.8) is 0 Å². The fraction of sp³-hybridized carbons (Fsp3) is 0.400. The Hall–Kier alpha value is -1.61. The molecule has 0 saturated carbocycles. The van der Waals surface area contributed by atoms with Crippen molar-refractivity contribution in [2.75, 3.05) is 0 Å². The molecule has 0 saturated heterocycles. The van der Waals surface area contributed by atoms with E-state index in [0.29, 0.717) is 0 Å². The number of nitrogens with zero attached hydrogens (tertiary/aromatic N) is 2. The highest BCUT2D eigenvalue weighted by molar-refractivity contribution is 5.33. The van der Waals surface area contributed by atoms with E-state index in [2.05, 4.69) is 28.6 Å². The molecule has 0 amide bonds. The second kappa shape index (κ2) is 4.58. The molecule has 0 aromatic carbocycles. The Morgan fingerprint density at radius 1 is 1.50 bits per heavy atom. The molecule has 1 unspecified atom stereocenters. The lowest BCUT2D eigenvalue weighted by Crippen LogP contribution is -2.18. The maximum atomic E-state index is 6.20. The number of rotatable bonds is 2. The quantitative estimate of drug-likeness (QED) is 0.878. The van der Waals surface area contributed by atoms with Gasteiger partial charge < -0.3 is 10.3 Å². The van der Waals surface area contributed by atoms with Gasteiger partial charge in [0.25, 0.3) is 0 Å². The van der Waals surface area contributed by atoms with Crippen LogP contribution >= 0.6 is 0 Å². The fourth-order valence-electron chi connectivity index (χ4n) is 2.89. The first kappa shape index (κ1) is 11.5. The molecule has 0 fully saturated rings. The molecule has 1 aliphatic carbocycles. The zero-order chi connectivity index (χ0) is 12.5. The molecule has 2 aromatic heterocycles. The summed E-state index contributed by atoms with van der Waals surface area (Å²) in [4.78, 5) is 4.18. The Balaban J connectivity index is 1.97. The van der Waals surface area contributed by atoms with Gasteiger partial charge in [0.05, 0.1) is 0 Å². The molecule has 18 heavy (non-hydrogen) atoms. The summed E-state index contributed by atoms with van der Waals surface area (Å²) in [5.74, 6) is 0. The number of aromatic nitrogens is 2. The molecule has 3 heteroatoms. The summed E-state index contributed by atoms with van der Waals surface area (Å²) in [5, 5.41) is 0. The summed E-state index contributed by atoms with van der Waals surface area (Å²) in [7, 11) is 0. The second-order valence-corrected chi connectivity index (χ2v) is 5.13. The maximum Gasteiger partial charge on any atom is 0.0490 e. The molecule has 0 aliphatic heterocycles. The average molecular weight is 241 g/mol. The molecular weight excluding hydrogens is 222 g/mol. The first-order valence-corrected chi connectivity index (χ1v) is 6.59. The van der Waals surface area contributed by atoms with E-state index >= 15 is 0 Å². The molecule has 94 valence electrons. The minimum absolute atomic E-state index is 0.225. The van der Waals surface area contributed by atoms with E-state index in [9.17, 15) is 0 Å². The van der Waals surface area contributed by atoms with Crippen LogP contribution < -0.4 is 5.73 Å². The van der Waals surface area contributed by atoms with E-state index in [1.54, 1.807) is 0 Å². The first-order chi connectivity index (χ1) is 8.75. The molecule has 0 radical (unpaired) electrons. The number of hydrogen-bond donors (Lipinski definition) is 1. The highest BCUT2D eigenvalue weighted by Crippen LogP contribution is 2.31. The predicted molar refractivity (Wildman–Crippen MR) is 72.4 cm³/mol. The third kappa shape index (κ3) is 1.95. The summed E-state index contributed by atoms with van der Waals surface area (Å²) >= 11 is 0. The highest BCUT2D eigenvalue weighted by Gasteiger charge is 2.21. The van der Waals surface area contributed by atoms with Crippen LogP contribution in [0.15, 0.2) is 30.6 Å². The Morgan fingerprint density at radius 3 is 3.17 bits per heavy atom. The van der Waals surface area contributed by atoms with Gasteiger partial charge in [-0.3, -0.25) is 4.98 Å². The van der Waals surface area contributed by atoms with E-state index in [0.717, 1.165) is 19.4 Å². The molecule has 2 heterocycles. The second-order valence-electron chi connectivity index (χ2n) is 5.13. The zero-order valence-corrected chi connectivity index (χ0v) is 10.8. The molecular formula is C15H19N3. The zero-order valence-electron chi connectivity index (χ0n) is 10.8. The lowest BCUT2D eigenvalue weighted by Gasteiger charge is -2.21. The van der Waals surface area contributed by atoms with Crippen molar-refractivity contribution in [3.8, 4) is 0 Å². The third-order valence-corrected chi connectivity index (χ3v) is 3.84. The monoisotopic (exact) mass is 241 g/mol. The van der Waals surface area contributed by atoms with Gasteiger partial charge in [0.15, 0.2) is 0 Å². The summed E-state index contributed by atoms with van der Waals surface area (Å²) < 4.78 is 2.39. The smallest absolute Gasteiger partial charge is 0.0490 e. The van der Waals surface area contributed by atoms with Gasteiger partial charge in [0, 0.05) is 36.4 Å². The van der Waals surface area contributed by atoms with Crippen molar-refractivity contribution in [1.29, 1.82) is 0 Å². The number of aryl methyl sites for hydroxylation is 1. The third-order valence-electron chi connectivity index (χ3n) is 3.84. The Bertz CT molecular complexity index is 542. The lowest BCUT2D eigenvalue weighted by molar-refractivity contribution is 0.546. The van der Waals surface area contributed by atoms with Crippen molar-refractivity contribution >= 4 is 0 Å². The summed E-state index contributed by atoms with van der Waals surface area (Å²) in [6, 6.07) is 6.60. The maximum absolute atomic E-state index is 6.20. The van der Waals surface area contributed by atoms with Gasteiger partial charge in [-0.05, 0) is 49.4 Å². The Labute approximate surface area is 108 Å². The number of pyridine rings is 1. The van der Waals surface area contributed by atoms with E-state index in [1.807, 2.05) is 18.5 Å². The fourth-order valence-corrected chi connectivity index (χ4v) is 2.89. The molecule has 1 aliphatic rings. The van der Waals surface area contributed by atoms with E-state index < -0.39 is 0 Å². The van der Waals surface area contributed by atoms with Gasteiger partial charge in [-0.1, -0.05) is 6.07 Å². The lowest BCUT2D eigenvalue weighted by atomic mass is 9.93. The van der Waals surface area contributed by atoms with Gasteiger partial charge in [0.1, 0.15) is 0 Å². The van der Waals surface area contributed by atoms with Crippen LogP contribution in [0.2, 0.25) is 0 Å². The summed E-state index contributed by atoms with van der Waals surface area (Å²) in [6.45, 7) is 3.07. The molecule has 2 N–H and O–H groups in total. The van der Waals surface area contributed by atoms with Crippen LogP contribution in [0.25, 0.3) is 0 Å². The van der Waals surface area contributed by atoms with Crippen LogP contribution in [-0.4, -0.2) is 9.55 Å². The Kier molecular flexibility index (Phi) is 2.92. The van der Waals surface area contributed by atoms with Gasteiger partial charge in [-0.15, -0.1) is 0 Å². The topological polar surface area (TPSA) is 43.8 Å². The molecule has 3 nitrogen and oxygen atoms in total. The predicted octanol–water partition coefficient (Wildman–Crippen LogP) is 2.58. The van der Waals surface area contributed by atoms with Crippen molar-refractivity contribution in [1.82, 2.24) is 9.55 Å². The van der Waals surface area contributed by atoms with Gasteiger partial charge in [-0.25, -0.2) is 0 Å². The van der Waals surface area contributed by atoms with Crippen LogP contribution in [0.5, 0.6) is 0 Å². The van der Waals surface area contributed by atoms with Gasteiger partial charge in [0.2, 0.25) is 0 Å². The number of hydrogen-bond acceptors (Lipinski definition) is 2. The van der Waals surface area contributed by atoms with Crippen LogP contribution in [0.3, 0.4) is 0 Å². The SMILES string of the molecule is Cc1cc2c(n1Cc1cccnc1)CCCC2N. The molecule has 0 spiro atoms. The van der Waals surface area contributed by atoms with Gasteiger partial charge in [-0.2, -0.15) is 0 Å². The van der Waals surface area contributed by atoms with Crippen LogP contribution in [0, 0.1) is 6.92 Å². The normalized spacial score (nSPS) is 18.7. The van der Waals surface area contributed by atoms with Crippen molar-refractivity contribution in [3.05, 3.63) is 53.1 Å². The summed E-state index contributed by atoms with van der Waals surface area (Å²) in [5.41, 5.74) is 11.5. The number of nitrogens with two attached hydrogens (primary N) is 1. The van der Waals surface area contributed by atoms with E-state index in [4.69, 9.17) is 5.73 Å². The standard InChI is InChI=1S/C15H19N3/c1-11-8-13-14(16)5-2-6-15(13)18(11)10-12-4-3-7-17-9-12/h3-4,7-9,14H,2,5-6,10,16H2,1H3. The molecule has 3 rings (SSSR count). The van der Waals surface area contributed by atoms with E-state index in [-0.39, 0.29) is 6.04 Å². The Morgan fingerprint density at radius 2 is 2.39 bits per heavy atom. The average Bonchev–Trinajstić information content (AvgIpc) is 2.70. The first-order valence-electron chi connectivity index (χ1n) is 6.59. The van der Waals surface area contributed by atoms with Crippen molar-refractivity contribution in [2.24, 2.45) is 5.73 Å². The largest absolute Gasteiger partial charge is 0.344 e. The summed E-state index contributed by atoms with van der Waals surface area (Å²) in [6.07, 6.45) is 7.22. The minimum Gasteiger partial charge on any atom is -0.344 e.